The van der Waals surface area contributed by atoms with Gasteiger partial charge in [-0.2, -0.15) is 0 Å². The summed E-state index contributed by atoms with van der Waals surface area (Å²) in [7, 11) is 0. The Kier molecular flexibility index (Phi) is 9.81. The first-order valence-electron chi connectivity index (χ1n) is 10.5. The zero-order valence-corrected chi connectivity index (χ0v) is 19.0. The average Bonchev–Trinajstić information content (AvgIpc) is 2.76. The molecule has 0 saturated carbocycles. The van der Waals surface area contributed by atoms with Crippen LogP contribution in [0.5, 0.6) is 0 Å². The van der Waals surface area contributed by atoms with Crippen molar-refractivity contribution in [3.63, 3.8) is 0 Å². The van der Waals surface area contributed by atoms with Crippen LogP contribution in [-0.2, 0) is 0 Å². The Balaban J connectivity index is 2.22. The molecule has 160 valence electrons. The highest BCUT2D eigenvalue weighted by Crippen LogP contribution is 2.32. The minimum Gasteiger partial charge on any atom is -0.369 e. The maximum atomic E-state index is 6.58. The molecule has 2 rings (SSSR count). The monoisotopic (exact) mass is 415 g/mol. The van der Waals surface area contributed by atoms with Crippen molar-refractivity contribution >= 4 is 17.4 Å². The van der Waals surface area contributed by atoms with Gasteiger partial charge in [0.2, 0.25) is 0 Å². The molecule has 5 N–H and O–H groups in total. The van der Waals surface area contributed by atoms with Gasteiger partial charge in [-0.1, -0.05) is 43.5 Å². The van der Waals surface area contributed by atoms with Gasteiger partial charge in [0.1, 0.15) is 0 Å². The number of allylic oxidation sites excluding steroid dienone is 2. The van der Waals surface area contributed by atoms with E-state index >= 15 is 0 Å². The van der Waals surface area contributed by atoms with Crippen LogP contribution in [0.25, 0.3) is 0 Å². The number of benzene rings is 1. The number of nitrogens with one attached hydrogen (secondary N) is 1. The van der Waals surface area contributed by atoms with Gasteiger partial charge in [0.05, 0.1) is 12.7 Å². The Morgan fingerprint density at radius 1 is 1.31 bits per heavy atom. The third-order valence-corrected chi connectivity index (χ3v) is 6.14. The first-order chi connectivity index (χ1) is 14.0. The third-order valence-electron chi connectivity index (χ3n) is 5.13. The van der Waals surface area contributed by atoms with Gasteiger partial charge < -0.3 is 26.6 Å². The summed E-state index contributed by atoms with van der Waals surface area (Å²) in [4.78, 5) is 6.76. The molecule has 29 heavy (non-hydrogen) atoms. The lowest BCUT2D eigenvalue weighted by molar-refractivity contribution is 0.362. The van der Waals surface area contributed by atoms with Crippen molar-refractivity contribution in [3.8, 4) is 0 Å². The predicted octanol–water partition coefficient (Wildman–Crippen LogP) is 3.78. The Labute approximate surface area is 180 Å². The van der Waals surface area contributed by atoms with Crippen molar-refractivity contribution in [2.24, 2.45) is 11.5 Å². The molecule has 1 aliphatic heterocycles. The second-order valence-electron chi connectivity index (χ2n) is 7.28. The van der Waals surface area contributed by atoms with E-state index in [-0.39, 0.29) is 6.04 Å². The van der Waals surface area contributed by atoms with Gasteiger partial charge in [-0.15, -0.1) is 0 Å². The van der Waals surface area contributed by atoms with Gasteiger partial charge in [-0.25, -0.2) is 0 Å². The van der Waals surface area contributed by atoms with Crippen LogP contribution in [0.3, 0.4) is 0 Å². The summed E-state index contributed by atoms with van der Waals surface area (Å²) in [5.41, 5.74) is 16.0. The van der Waals surface area contributed by atoms with Gasteiger partial charge in [-0.05, 0) is 48.9 Å². The lowest BCUT2D eigenvalue weighted by atomic mass is 10.0. The number of anilines is 1. The summed E-state index contributed by atoms with van der Waals surface area (Å²) < 4.78 is 0. The lowest BCUT2D eigenvalue weighted by Gasteiger charge is -2.30. The summed E-state index contributed by atoms with van der Waals surface area (Å²) in [6, 6.07) is 8.41. The number of nitrogens with zero attached hydrogens (tertiary/aromatic N) is 2. The molecule has 1 aromatic rings. The van der Waals surface area contributed by atoms with Gasteiger partial charge in [0.25, 0.3) is 0 Å². The molecule has 0 amide bonds. The first-order valence-corrected chi connectivity index (χ1v) is 11.3. The number of hydrogen-bond donors (Lipinski definition) is 3. The van der Waals surface area contributed by atoms with Gasteiger partial charge in [0, 0.05) is 49.0 Å². The van der Waals surface area contributed by atoms with Crippen molar-refractivity contribution in [1.82, 2.24) is 10.2 Å². The quantitative estimate of drug-likeness (QED) is 0.399. The lowest BCUT2D eigenvalue weighted by Crippen LogP contribution is -2.43. The van der Waals surface area contributed by atoms with E-state index in [2.05, 4.69) is 72.0 Å². The summed E-state index contributed by atoms with van der Waals surface area (Å²) >= 11 is 1.67. The van der Waals surface area contributed by atoms with Gasteiger partial charge >= 0.3 is 0 Å². The normalized spacial score (nSPS) is 16.7. The Bertz CT molecular complexity index is 704. The molecule has 1 fully saturated rings. The fraction of sp³-hybridized carbons (Fsp3) is 0.478. The molecule has 0 radical (unpaired) electrons. The molecule has 1 unspecified atom stereocenters. The Morgan fingerprint density at radius 3 is 2.52 bits per heavy atom. The molecule has 1 saturated heterocycles. The SMILES string of the molecule is C=C(S/C(C)=C\C)/C(=C\C(N)c1ccc(N2CCNCC2)cc1)N(CN)CCC. The van der Waals surface area contributed by atoms with Crippen LogP contribution >= 0.6 is 11.8 Å². The zero-order valence-electron chi connectivity index (χ0n) is 18.2. The molecule has 5 nitrogen and oxygen atoms in total. The molecule has 0 aromatic heterocycles. The predicted molar refractivity (Wildman–Crippen MR) is 129 cm³/mol. The average molecular weight is 416 g/mol. The Morgan fingerprint density at radius 2 is 1.97 bits per heavy atom. The first kappa shape index (κ1) is 23.5. The van der Waals surface area contributed by atoms with E-state index in [0.717, 1.165) is 55.3 Å². The van der Waals surface area contributed by atoms with Crippen molar-refractivity contribution < 1.29 is 0 Å². The highest BCUT2D eigenvalue weighted by Gasteiger charge is 2.16. The zero-order chi connectivity index (χ0) is 21.2. The van der Waals surface area contributed by atoms with Crippen LogP contribution in [0.4, 0.5) is 5.69 Å². The van der Waals surface area contributed by atoms with Gasteiger partial charge in [0.15, 0.2) is 0 Å². The van der Waals surface area contributed by atoms with Crippen LogP contribution in [0, 0.1) is 0 Å². The largest absolute Gasteiger partial charge is 0.369 e. The smallest absolute Gasteiger partial charge is 0.0657 e. The number of hydrogen-bond acceptors (Lipinski definition) is 6. The topological polar surface area (TPSA) is 70.5 Å². The number of nitrogens with two attached hydrogens (primary N) is 2. The summed E-state index contributed by atoms with van der Waals surface area (Å²) in [5, 5.41) is 3.39. The number of piperazine rings is 1. The van der Waals surface area contributed by atoms with E-state index in [1.165, 1.54) is 10.6 Å². The van der Waals surface area contributed by atoms with E-state index in [0.29, 0.717) is 6.67 Å². The fourth-order valence-electron chi connectivity index (χ4n) is 3.36. The second kappa shape index (κ2) is 12.1. The molecule has 1 atom stereocenters. The summed E-state index contributed by atoms with van der Waals surface area (Å²) in [6.07, 6.45) is 5.21. The van der Waals surface area contributed by atoms with E-state index in [9.17, 15) is 0 Å². The van der Waals surface area contributed by atoms with Crippen molar-refractivity contribution in [1.29, 1.82) is 0 Å². The third kappa shape index (κ3) is 6.93. The van der Waals surface area contributed by atoms with Crippen LogP contribution in [0.2, 0.25) is 0 Å². The molecule has 1 aromatic carbocycles. The Hall–Kier alpha value is -1.73. The van der Waals surface area contributed by atoms with Crippen molar-refractivity contribution in [2.75, 3.05) is 44.3 Å². The van der Waals surface area contributed by atoms with E-state index in [4.69, 9.17) is 11.5 Å². The van der Waals surface area contributed by atoms with E-state index < -0.39 is 0 Å². The standard InChI is InChI=1S/C23H37N5S/c1-5-13-28(17-24)23(19(4)29-18(3)6-2)16-22(25)20-7-9-21(10-8-20)27-14-11-26-12-15-27/h6-10,16,22,26H,4-5,11-15,17,24-25H2,1-3H3/b18-6-,23-16+. The molecular formula is C23H37N5S. The van der Waals surface area contributed by atoms with Crippen LogP contribution < -0.4 is 21.7 Å². The van der Waals surface area contributed by atoms with Crippen LogP contribution in [0.15, 0.2) is 58.5 Å². The maximum absolute atomic E-state index is 6.58. The molecule has 6 heteroatoms. The maximum Gasteiger partial charge on any atom is 0.0657 e. The summed E-state index contributed by atoms with van der Waals surface area (Å²) in [6.45, 7) is 16.1. The van der Waals surface area contributed by atoms with Crippen molar-refractivity contribution in [2.45, 2.75) is 33.2 Å². The minimum absolute atomic E-state index is 0.212. The molecule has 0 aliphatic carbocycles. The summed E-state index contributed by atoms with van der Waals surface area (Å²) in [5.74, 6) is 0. The highest BCUT2D eigenvalue weighted by molar-refractivity contribution is 8.06. The van der Waals surface area contributed by atoms with Gasteiger partial charge in [-0.3, -0.25) is 0 Å². The molecule has 1 aliphatic rings. The fourth-order valence-corrected chi connectivity index (χ4v) is 4.17. The molecular weight excluding hydrogens is 378 g/mol. The molecule has 1 heterocycles. The van der Waals surface area contributed by atoms with Crippen LogP contribution in [-0.4, -0.2) is 44.3 Å². The number of thioether (sulfide) groups is 1. The van der Waals surface area contributed by atoms with Crippen molar-refractivity contribution in [3.05, 3.63) is 64.1 Å². The number of rotatable bonds is 10. The van der Waals surface area contributed by atoms with E-state index in [1.54, 1.807) is 11.8 Å². The van der Waals surface area contributed by atoms with Crippen LogP contribution in [0.1, 0.15) is 38.8 Å². The minimum atomic E-state index is -0.212. The molecule has 0 bridgehead atoms. The highest BCUT2D eigenvalue weighted by atomic mass is 32.2. The van der Waals surface area contributed by atoms with E-state index in [1.807, 2.05) is 6.92 Å². The molecule has 0 spiro atoms. The second-order valence-corrected chi connectivity index (χ2v) is 8.62.